The van der Waals surface area contributed by atoms with Crippen LogP contribution in [0.15, 0.2) is 97.2 Å². The van der Waals surface area contributed by atoms with Crippen molar-refractivity contribution in [3.05, 3.63) is 97.2 Å². The Kier molecular flexibility index (Phi) is 36.5. The summed E-state index contributed by atoms with van der Waals surface area (Å²) in [5.41, 5.74) is 0. The second-order valence-electron chi connectivity index (χ2n) is 15.4. The van der Waals surface area contributed by atoms with Crippen molar-refractivity contribution in [1.29, 1.82) is 0 Å². The highest BCUT2D eigenvalue weighted by molar-refractivity contribution is 7.45. The number of carbonyl (C=O) groups is 3. The van der Waals surface area contributed by atoms with E-state index in [0.29, 0.717) is 23.9 Å². The van der Waals surface area contributed by atoms with Gasteiger partial charge < -0.3 is 27.9 Å². The molecule has 0 bridgehead atoms. The summed E-state index contributed by atoms with van der Waals surface area (Å²) in [6.07, 6.45) is 47.4. The number of rotatable bonds is 38. The molecule has 0 aliphatic rings. The molecular formula is C48H78NO9P. The van der Waals surface area contributed by atoms with E-state index in [-0.39, 0.29) is 38.1 Å². The fourth-order valence-corrected chi connectivity index (χ4v) is 5.80. The lowest BCUT2D eigenvalue weighted by atomic mass is 10.1. The minimum atomic E-state index is -4.70. The van der Waals surface area contributed by atoms with E-state index in [2.05, 4.69) is 74.6 Å². The van der Waals surface area contributed by atoms with E-state index < -0.39 is 39.1 Å². The summed E-state index contributed by atoms with van der Waals surface area (Å²) in [7, 11) is 0.988. The molecule has 0 fully saturated rings. The van der Waals surface area contributed by atoms with Crippen molar-refractivity contribution in [1.82, 2.24) is 0 Å². The molecule has 0 amide bonds. The zero-order valence-corrected chi connectivity index (χ0v) is 38.0. The molecule has 0 aromatic heterocycles. The van der Waals surface area contributed by atoms with Gasteiger partial charge in [0.15, 0.2) is 11.9 Å². The molecule has 0 aliphatic heterocycles. The van der Waals surface area contributed by atoms with Crippen molar-refractivity contribution < 1.29 is 46.8 Å². The van der Waals surface area contributed by atoms with Gasteiger partial charge in [-0.05, 0) is 83.1 Å². The molecule has 0 aromatic rings. The first kappa shape index (κ1) is 55.6. The SMILES string of the molecule is CCCCC/C=C\C/C=C\C/C=C\C=C\C(=O)CCCC(=O)OC[C@H](COP(=O)([O-])OCC[N+](C)(C)C)OC(=O)CCC/C=C\C/C=C\C/C=C\C/C=C\CCCCC. The third-order valence-electron chi connectivity index (χ3n) is 8.55. The predicted octanol–water partition coefficient (Wildman–Crippen LogP) is 11.1. The first-order valence-corrected chi connectivity index (χ1v) is 23.4. The summed E-state index contributed by atoms with van der Waals surface area (Å²) in [6.45, 7) is 3.79. The number of ether oxygens (including phenoxy) is 2. The molecule has 0 saturated carbocycles. The Morgan fingerprint density at radius 3 is 1.59 bits per heavy atom. The van der Waals surface area contributed by atoms with E-state index >= 15 is 0 Å². The molecule has 0 heterocycles. The average Bonchev–Trinajstić information content (AvgIpc) is 3.18. The van der Waals surface area contributed by atoms with Gasteiger partial charge in [0.05, 0.1) is 27.7 Å². The Balaban J connectivity index is 4.68. The highest BCUT2D eigenvalue weighted by atomic mass is 31.2. The van der Waals surface area contributed by atoms with Crippen molar-refractivity contribution in [2.45, 2.75) is 142 Å². The highest BCUT2D eigenvalue weighted by Crippen LogP contribution is 2.38. The van der Waals surface area contributed by atoms with Crippen LogP contribution in [0.2, 0.25) is 0 Å². The van der Waals surface area contributed by atoms with E-state index in [1.165, 1.54) is 44.6 Å². The maximum absolute atomic E-state index is 12.6. The summed E-state index contributed by atoms with van der Waals surface area (Å²) in [5, 5.41) is 0. The molecule has 59 heavy (non-hydrogen) atoms. The minimum Gasteiger partial charge on any atom is -0.756 e. The van der Waals surface area contributed by atoms with Gasteiger partial charge in [0.1, 0.15) is 19.8 Å². The number of hydrogen-bond donors (Lipinski definition) is 0. The van der Waals surface area contributed by atoms with Crippen LogP contribution in [0.25, 0.3) is 0 Å². The molecule has 0 rings (SSSR count). The van der Waals surface area contributed by atoms with Crippen molar-refractivity contribution >= 4 is 25.5 Å². The van der Waals surface area contributed by atoms with E-state index in [9.17, 15) is 23.8 Å². The number of esters is 2. The standard InChI is InChI=1S/C48H78NO9P/c1-6-8-10-12-14-16-18-20-21-22-23-25-27-29-31-33-35-39-48(52)58-46(44-57-59(53,54)56-42-41-49(3,4)5)43-55-47(51)40-36-38-45(50)37-34-32-30-28-26-24-19-17-15-13-11-9-7-2/h14-17,20-21,23-26,29-32,34,37,46H,6-13,18-19,22,27-28,33,35-36,38-44H2,1-5H3/b16-14-,17-15-,21-20-,25-23-,26-24-,31-29-,32-30-,37-34+/t46-/m1/s1. The molecule has 0 aromatic carbocycles. The molecule has 2 atom stereocenters. The van der Waals surface area contributed by atoms with Gasteiger partial charge in [0.25, 0.3) is 7.82 Å². The molecule has 10 nitrogen and oxygen atoms in total. The molecule has 1 unspecified atom stereocenters. The van der Waals surface area contributed by atoms with Gasteiger partial charge in [-0.25, -0.2) is 0 Å². The Labute approximate surface area is 358 Å². The zero-order valence-electron chi connectivity index (χ0n) is 37.1. The molecule has 0 saturated heterocycles. The third kappa shape index (κ3) is 42.5. The Bertz CT molecular complexity index is 1380. The van der Waals surface area contributed by atoms with Gasteiger partial charge in [-0.15, -0.1) is 0 Å². The van der Waals surface area contributed by atoms with E-state index in [4.69, 9.17) is 18.5 Å². The first-order valence-electron chi connectivity index (χ1n) is 21.9. The van der Waals surface area contributed by atoms with E-state index in [0.717, 1.165) is 44.9 Å². The number of carbonyl (C=O) groups excluding carboxylic acids is 3. The Hall–Kier alpha value is -3.40. The van der Waals surface area contributed by atoms with Crippen LogP contribution in [0.1, 0.15) is 136 Å². The quantitative estimate of drug-likeness (QED) is 0.0113. The second kappa shape index (κ2) is 38.8. The van der Waals surface area contributed by atoms with Gasteiger partial charge in [-0.1, -0.05) is 131 Å². The average molecular weight is 844 g/mol. The topological polar surface area (TPSA) is 128 Å². The van der Waals surface area contributed by atoms with Crippen molar-refractivity contribution in [2.24, 2.45) is 0 Å². The second-order valence-corrected chi connectivity index (χ2v) is 16.8. The lowest BCUT2D eigenvalue weighted by Crippen LogP contribution is -2.37. The van der Waals surface area contributed by atoms with Crippen molar-refractivity contribution in [3.8, 4) is 0 Å². The maximum atomic E-state index is 12.6. The molecule has 0 N–H and O–H groups in total. The monoisotopic (exact) mass is 844 g/mol. The van der Waals surface area contributed by atoms with Crippen LogP contribution in [0, 0.1) is 0 Å². The fourth-order valence-electron chi connectivity index (χ4n) is 5.07. The lowest BCUT2D eigenvalue weighted by Gasteiger charge is -2.28. The van der Waals surface area contributed by atoms with Crippen LogP contribution >= 0.6 is 7.82 Å². The van der Waals surface area contributed by atoms with Crippen LogP contribution in [0.4, 0.5) is 0 Å². The lowest BCUT2D eigenvalue weighted by molar-refractivity contribution is -0.870. The van der Waals surface area contributed by atoms with Crippen LogP contribution in [-0.4, -0.2) is 75.8 Å². The van der Waals surface area contributed by atoms with Gasteiger partial charge in [-0.2, -0.15) is 0 Å². The third-order valence-corrected chi connectivity index (χ3v) is 9.52. The number of phosphoric acid groups is 1. The van der Waals surface area contributed by atoms with Crippen molar-refractivity contribution in [2.75, 3.05) is 47.5 Å². The Morgan fingerprint density at radius 1 is 0.576 bits per heavy atom. The molecular weight excluding hydrogens is 765 g/mol. The zero-order chi connectivity index (χ0) is 43.7. The van der Waals surface area contributed by atoms with Gasteiger partial charge in [0.2, 0.25) is 0 Å². The number of phosphoric ester groups is 1. The molecule has 11 heteroatoms. The number of quaternary nitrogens is 1. The number of unbranched alkanes of at least 4 members (excludes halogenated alkanes) is 7. The molecule has 0 aliphatic carbocycles. The van der Waals surface area contributed by atoms with Gasteiger partial charge in [-0.3, -0.25) is 18.9 Å². The minimum absolute atomic E-state index is 0.0297. The number of ketones is 1. The smallest absolute Gasteiger partial charge is 0.306 e. The van der Waals surface area contributed by atoms with Crippen LogP contribution < -0.4 is 4.89 Å². The summed E-state index contributed by atoms with van der Waals surface area (Å²) in [6, 6.07) is 0. The highest BCUT2D eigenvalue weighted by Gasteiger charge is 2.21. The van der Waals surface area contributed by atoms with Gasteiger partial charge >= 0.3 is 11.9 Å². The van der Waals surface area contributed by atoms with Crippen LogP contribution in [0.3, 0.4) is 0 Å². The summed E-state index contributed by atoms with van der Waals surface area (Å²) >= 11 is 0. The van der Waals surface area contributed by atoms with Crippen molar-refractivity contribution in [3.63, 3.8) is 0 Å². The normalized spacial score (nSPS) is 14.4. The number of likely N-dealkylation sites (N-methyl/N-ethyl adjacent to an activating group) is 1. The first-order chi connectivity index (χ1) is 28.4. The van der Waals surface area contributed by atoms with E-state index in [1.807, 2.05) is 45.4 Å². The number of hydrogen-bond acceptors (Lipinski definition) is 9. The van der Waals surface area contributed by atoms with Gasteiger partial charge in [0, 0.05) is 19.3 Å². The van der Waals surface area contributed by atoms with Crippen LogP contribution in [0.5, 0.6) is 0 Å². The summed E-state index contributed by atoms with van der Waals surface area (Å²) in [4.78, 5) is 49.7. The molecule has 0 spiro atoms. The summed E-state index contributed by atoms with van der Waals surface area (Å²) in [5.74, 6) is -1.28. The number of allylic oxidation sites excluding steroid dienone is 16. The van der Waals surface area contributed by atoms with Crippen LogP contribution in [-0.2, 0) is 37.5 Å². The Morgan fingerprint density at radius 2 is 1.07 bits per heavy atom. The maximum Gasteiger partial charge on any atom is 0.306 e. The largest absolute Gasteiger partial charge is 0.756 e. The molecule has 0 radical (unpaired) electrons. The number of nitrogens with zero attached hydrogens (tertiary/aromatic N) is 1. The molecule has 334 valence electrons. The fraction of sp³-hybridized carbons (Fsp3) is 0.604. The summed E-state index contributed by atoms with van der Waals surface area (Å²) < 4.78 is 33.6. The van der Waals surface area contributed by atoms with E-state index in [1.54, 1.807) is 6.08 Å². The predicted molar refractivity (Wildman–Crippen MR) is 240 cm³/mol.